The van der Waals surface area contributed by atoms with Gasteiger partial charge in [-0.3, -0.25) is 4.79 Å². The van der Waals surface area contributed by atoms with Crippen LogP contribution in [0, 0.1) is 17.3 Å². The molecule has 2 aromatic heterocycles. The lowest BCUT2D eigenvalue weighted by atomic mass is 9.63. The van der Waals surface area contributed by atoms with Crippen molar-refractivity contribution in [2.75, 3.05) is 13.7 Å². The fraction of sp³-hybridized carbons (Fsp3) is 0.368. The number of hydrogen-bond donors (Lipinski definition) is 0. The molecule has 1 unspecified atom stereocenters. The number of amides is 1. The molecule has 1 saturated heterocycles. The number of aromatic nitrogens is 3. The van der Waals surface area contributed by atoms with E-state index in [-0.39, 0.29) is 5.91 Å². The van der Waals surface area contributed by atoms with Gasteiger partial charge in [-0.25, -0.2) is 4.98 Å². The van der Waals surface area contributed by atoms with E-state index < -0.39 is 0 Å². The fourth-order valence-corrected chi connectivity index (χ4v) is 9.18. The van der Waals surface area contributed by atoms with Gasteiger partial charge in [0.15, 0.2) is 5.82 Å². The molecule has 5 fully saturated rings. The minimum absolute atomic E-state index is 0.124. The molecular weight excluding hydrogens is 544 g/mol. The highest BCUT2D eigenvalue weighted by molar-refractivity contribution is 6.01. The summed E-state index contributed by atoms with van der Waals surface area (Å²) in [5.74, 6) is 3.28. The first-order valence-electron chi connectivity index (χ1n) is 16.3. The summed E-state index contributed by atoms with van der Waals surface area (Å²) in [5.41, 5.74) is 10.6. The first kappa shape index (κ1) is 25.1. The van der Waals surface area contributed by atoms with E-state index in [9.17, 15) is 4.79 Å². The predicted octanol–water partition coefficient (Wildman–Crippen LogP) is 7.33. The molecule has 1 spiro atoms. The van der Waals surface area contributed by atoms with Crippen LogP contribution in [0.2, 0.25) is 0 Å². The maximum atomic E-state index is 13.7. The van der Waals surface area contributed by atoms with Crippen molar-refractivity contribution < 1.29 is 9.53 Å². The van der Waals surface area contributed by atoms with Crippen LogP contribution in [0.5, 0.6) is 5.75 Å². The normalized spacial score (nSPS) is 24.7. The van der Waals surface area contributed by atoms with Crippen molar-refractivity contribution in [1.29, 1.82) is 0 Å². The molecule has 1 atom stereocenters. The Morgan fingerprint density at radius 1 is 1.07 bits per heavy atom. The van der Waals surface area contributed by atoms with Crippen molar-refractivity contribution >= 4 is 39.5 Å². The Kier molecular flexibility index (Phi) is 4.92. The summed E-state index contributed by atoms with van der Waals surface area (Å²) in [5, 5.41) is 1.23. The van der Waals surface area contributed by atoms with Gasteiger partial charge < -0.3 is 18.8 Å². The Morgan fingerprint density at radius 3 is 2.73 bits per heavy atom. The van der Waals surface area contributed by atoms with Crippen molar-refractivity contribution in [3.8, 4) is 17.3 Å². The number of imidazole rings is 1. The number of hydrogen-bond acceptors (Lipinski definition) is 3. The Bertz CT molecular complexity index is 2090. The lowest BCUT2D eigenvalue weighted by Crippen LogP contribution is -2.64. The smallest absolute Gasteiger partial charge is 0.254 e. The molecule has 0 radical (unpaired) electrons. The number of likely N-dealkylation sites (tertiary alicyclic amines) is 1. The standard InChI is InChI=1S/C38H36N4O2/c1-40-35-30(14-29(17-33(35)44-2)37(43)42-21-38-18-23(19-38)11-34(38)42)39-36(40)32-16-27-10-9-26(15-31(27)41(32)20-22-7-8-22)28-12-24-5-3-4-6-25(24)13-28/h3-6,9-10,12,14-17,22-23,34H,7-8,11,13,18-21H2,1-2H3. The summed E-state index contributed by atoms with van der Waals surface area (Å²) in [4.78, 5) is 21.1. The Hall–Kier alpha value is -4.32. The zero-order valence-electron chi connectivity index (χ0n) is 25.3. The van der Waals surface area contributed by atoms with Crippen LogP contribution in [0.1, 0.15) is 59.2 Å². The van der Waals surface area contributed by atoms with Crippen LogP contribution in [0.4, 0.5) is 0 Å². The molecule has 6 nitrogen and oxygen atoms in total. The number of methoxy groups -OCH3 is 1. The second kappa shape index (κ2) is 8.65. The second-order valence-corrected chi connectivity index (χ2v) is 14.3. The molecule has 220 valence electrons. The molecule has 11 rings (SSSR count). The maximum Gasteiger partial charge on any atom is 0.254 e. The topological polar surface area (TPSA) is 52.3 Å². The van der Waals surface area contributed by atoms with Gasteiger partial charge in [0.25, 0.3) is 5.91 Å². The molecule has 1 amide bonds. The molecule has 44 heavy (non-hydrogen) atoms. The first-order chi connectivity index (χ1) is 21.5. The van der Waals surface area contributed by atoms with Gasteiger partial charge in [-0.2, -0.15) is 0 Å². The summed E-state index contributed by atoms with van der Waals surface area (Å²) in [7, 11) is 3.77. The van der Waals surface area contributed by atoms with E-state index in [2.05, 4.69) is 75.7 Å². The molecule has 6 heteroatoms. The van der Waals surface area contributed by atoms with Gasteiger partial charge in [0.1, 0.15) is 11.3 Å². The van der Waals surface area contributed by atoms with E-state index >= 15 is 0 Å². The third-order valence-electron chi connectivity index (χ3n) is 11.6. The summed E-state index contributed by atoms with van der Waals surface area (Å²) in [6, 6.07) is 22.3. The molecule has 5 aromatic rings. The van der Waals surface area contributed by atoms with Crippen molar-refractivity contribution in [1.82, 2.24) is 19.0 Å². The molecule has 4 saturated carbocycles. The number of rotatable bonds is 6. The van der Waals surface area contributed by atoms with Gasteiger partial charge in [0, 0.05) is 48.1 Å². The van der Waals surface area contributed by atoms with Crippen LogP contribution in [0.3, 0.4) is 0 Å². The summed E-state index contributed by atoms with van der Waals surface area (Å²) >= 11 is 0. The van der Waals surface area contributed by atoms with Crippen LogP contribution in [0.25, 0.3) is 45.1 Å². The molecule has 5 aliphatic carbocycles. The van der Waals surface area contributed by atoms with Crippen LogP contribution >= 0.6 is 0 Å². The van der Waals surface area contributed by atoms with Crippen LogP contribution in [-0.4, -0.2) is 44.6 Å². The van der Waals surface area contributed by atoms with Crippen molar-refractivity contribution in [2.45, 2.75) is 51.1 Å². The van der Waals surface area contributed by atoms with Gasteiger partial charge >= 0.3 is 0 Å². The molecule has 0 N–H and O–H groups in total. The second-order valence-electron chi connectivity index (χ2n) is 14.3. The number of nitrogens with zero attached hydrogens (tertiary/aromatic N) is 4. The third-order valence-corrected chi connectivity index (χ3v) is 11.6. The van der Waals surface area contributed by atoms with Gasteiger partial charge in [-0.1, -0.05) is 42.5 Å². The highest BCUT2D eigenvalue weighted by Crippen LogP contribution is 2.66. The van der Waals surface area contributed by atoms with Gasteiger partial charge in [0.05, 0.1) is 18.3 Å². The van der Waals surface area contributed by atoms with E-state index in [1.54, 1.807) is 7.11 Å². The minimum atomic E-state index is 0.124. The average Bonchev–Trinajstić information content (AvgIpc) is 3.25. The number of aryl methyl sites for hydroxylation is 1. The molecule has 1 aliphatic heterocycles. The molecule has 3 aromatic carbocycles. The fourth-order valence-electron chi connectivity index (χ4n) is 9.18. The van der Waals surface area contributed by atoms with Crippen LogP contribution in [-0.2, 0) is 20.0 Å². The SMILES string of the molecule is COc1cc(C(=O)N2CC34CC(CC23)C4)cc2nc(-c3cc4ccc(C5=Cc6ccccc6C5)cc4n3CC3CC3)n(C)c12. The van der Waals surface area contributed by atoms with E-state index in [1.807, 2.05) is 12.1 Å². The minimum Gasteiger partial charge on any atom is -0.494 e. The van der Waals surface area contributed by atoms with Gasteiger partial charge in [-0.15, -0.1) is 0 Å². The van der Waals surface area contributed by atoms with Crippen LogP contribution in [0.15, 0.2) is 60.7 Å². The zero-order chi connectivity index (χ0) is 29.3. The van der Waals surface area contributed by atoms with Gasteiger partial charge in [-0.05, 0) is 96.9 Å². The average molecular weight is 581 g/mol. The lowest BCUT2D eigenvalue weighted by Gasteiger charge is -2.56. The number of ether oxygens (including phenoxy) is 1. The van der Waals surface area contributed by atoms with E-state index in [0.717, 1.165) is 48.0 Å². The highest BCUT2D eigenvalue weighted by Gasteiger charge is 2.67. The van der Waals surface area contributed by atoms with Crippen molar-refractivity contribution in [3.05, 3.63) is 82.9 Å². The van der Waals surface area contributed by atoms with E-state index in [1.165, 1.54) is 65.3 Å². The zero-order valence-corrected chi connectivity index (χ0v) is 25.3. The van der Waals surface area contributed by atoms with Gasteiger partial charge in [0.2, 0.25) is 0 Å². The van der Waals surface area contributed by atoms with E-state index in [4.69, 9.17) is 9.72 Å². The maximum absolute atomic E-state index is 13.7. The first-order valence-corrected chi connectivity index (χ1v) is 16.3. The largest absolute Gasteiger partial charge is 0.494 e. The number of allylic oxidation sites excluding steroid dienone is 1. The molecule has 3 heterocycles. The number of benzene rings is 3. The van der Waals surface area contributed by atoms with Crippen molar-refractivity contribution in [2.24, 2.45) is 24.3 Å². The lowest BCUT2D eigenvalue weighted by molar-refractivity contribution is -0.0552. The molecule has 6 aliphatic rings. The van der Waals surface area contributed by atoms with Crippen molar-refractivity contribution in [3.63, 3.8) is 0 Å². The molecule has 2 bridgehead atoms. The number of fused-ring (bicyclic) bond motifs is 3. The predicted molar refractivity (Wildman–Crippen MR) is 174 cm³/mol. The third kappa shape index (κ3) is 3.42. The Labute approximate surface area is 256 Å². The van der Waals surface area contributed by atoms with E-state index in [0.29, 0.717) is 28.7 Å². The monoisotopic (exact) mass is 580 g/mol. The van der Waals surface area contributed by atoms with Crippen LogP contribution < -0.4 is 4.74 Å². The quantitative estimate of drug-likeness (QED) is 0.211. The highest BCUT2D eigenvalue weighted by atomic mass is 16.5. The Morgan fingerprint density at radius 2 is 1.93 bits per heavy atom. The number of carbonyl (C=O) groups excluding carboxylic acids is 1. The number of carbonyl (C=O) groups is 1. The summed E-state index contributed by atoms with van der Waals surface area (Å²) < 4.78 is 10.6. The summed E-state index contributed by atoms with van der Waals surface area (Å²) in [6.45, 7) is 1.90. The molecular formula is C38H36N4O2. The Balaban J connectivity index is 1.06. The summed E-state index contributed by atoms with van der Waals surface area (Å²) in [6.07, 6.45) is 9.68.